The Morgan fingerprint density at radius 3 is 2.46 bits per heavy atom. The van der Waals surface area contributed by atoms with Gasteiger partial charge in [-0.1, -0.05) is 28.1 Å². The zero-order valence-electron chi connectivity index (χ0n) is 13.5. The Hall–Kier alpha value is -2.21. The highest BCUT2D eigenvalue weighted by Crippen LogP contribution is 2.16. The van der Waals surface area contributed by atoms with Crippen LogP contribution in [0.5, 0.6) is 11.5 Å². The number of ether oxygens (including phenoxy) is 2. The molecule has 0 bridgehead atoms. The number of hydrogen-bond donors (Lipinski definition) is 2. The molecular formula is C18H21BrN2O3. The maximum Gasteiger partial charge on any atom is 0.314 e. The Labute approximate surface area is 150 Å². The lowest BCUT2D eigenvalue weighted by molar-refractivity contribution is 0.236. The first-order chi connectivity index (χ1) is 11.7. The molecule has 6 heteroatoms. The number of methoxy groups -OCH3 is 1. The van der Waals surface area contributed by atoms with Gasteiger partial charge in [-0.05, 0) is 48.4 Å². The number of urea groups is 1. The minimum absolute atomic E-state index is 0.191. The molecule has 0 aliphatic heterocycles. The average Bonchev–Trinajstić information content (AvgIpc) is 2.59. The molecule has 128 valence electrons. The predicted molar refractivity (Wildman–Crippen MR) is 97.7 cm³/mol. The molecular weight excluding hydrogens is 372 g/mol. The lowest BCUT2D eigenvalue weighted by Crippen LogP contribution is -2.38. The van der Waals surface area contributed by atoms with E-state index in [1.807, 2.05) is 48.5 Å². The van der Waals surface area contributed by atoms with Crippen LogP contribution in [0.15, 0.2) is 53.0 Å². The minimum atomic E-state index is -0.191. The van der Waals surface area contributed by atoms with Crippen LogP contribution in [0.1, 0.15) is 5.56 Å². The second kappa shape index (κ2) is 9.82. The molecule has 0 saturated carbocycles. The molecule has 0 aromatic heterocycles. The monoisotopic (exact) mass is 392 g/mol. The van der Waals surface area contributed by atoms with Crippen LogP contribution < -0.4 is 20.1 Å². The SMILES string of the molecule is COc1ccc(OCCNC(=O)NCCc2cccc(Br)c2)cc1. The Kier molecular flexibility index (Phi) is 7.42. The first-order valence-electron chi connectivity index (χ1n) is 7.70. The molecule has 0 fully saturated rings. The van der Waals surface area contributed by atoms with Crippen LogP contribution >= 0.6 is 15.9 Å². The molecule has 2 rings (SSSR count). The van der Waals surface area contributed by atoms with Crippen LogP contribution in [0.4, 0.5) is 4.79 Å². The van der Waals surface area contributed by atoms with Crippen molar-refractivity contribution < 1.29 is 14.3 Å². The summed E-state index contributed by atoms with van der Waals surface area (Å²) >= 11 is 3.43. The first-order valence-corrected chi connectivity index (χ1v) is 8.49. The van der Waals surface area contributed by atoms with Crippen molar-refractivity contribution in [3.8, 4) is 11.5 Å². The molecule has 2 aromatic carbocycles. The van der Waals surface area contributed by atoms with Crippen molar-refractivity contribution in [2.75, 3.05) is 26.8 Å². The summed E-state index contributed by atoms with van der Waals surface area (Å²) in [5, 5.41) is 5.59. The second-order valence-corrected chi connectivity index (χ2v) is 6.00. The van der Waals surface area contributed by atoms with E-state index in [0.29, 0.717) is 19.7 Å². The van der Waals surface area contributed by atoms with Crippen molar-refractivity contribution in [1.29, 1.82) is 0 Å². The average molecular weight is 393 g/mol. The summed E-state index contributed by atoms with van der Waals surface area (Å²) in [5.41, 5.74) is 1.17. The van der Waals surface area contributed by atoms with Crippen molar-refractivity contribution >= 4 is 22.0 Å². The number of nitrogens with one attached hydrogen (secondary N) is 2. The fourth-order valence-corrected chi connectivity index (χ4v) is 2.53. The summed E-state index contributed by atoms with van der Waals surface area (Å²) in [6.07, 6.45) is 0.787. The lowest BCUT2D eigenvalue weighted by atomic mass is 10.1. The first kappa shape index (κ1) is 18.1. The smallest absolute Gasteiger partial charge is 0.314 e. The maximum atomic E-state index is 11.7. The summed E-state index contributed by atoms with van der Waals surface area (Å²) in [6, 6.07) is 15.2. The Bertz CT molecular complexity index is 647. The van der Waals surface area contributed by atoms with Gasteiger partial charge in [0, 0.05) is 11.0 Å². The van der Waals surface area contributed by atoms with Gasteiger partial charge in [-0.15, -0.1) is 0 Å². The highest BCUT2D eigenvalue weighted by atomic mass is 79.9. The molecule has 0 radical (unpaired) electrons. The highest BCUT2D eigenvalue weighted by molar-refractivity contribution is 9.10. The zero-order chi connectivity index (χ0) is 17.2. The molecule has 0 heterocycles. The topological polar surface area (TPSA) is 59.6 Å². The summed E-state index contributed by atoms with van der Waals surface area (Å²) in [7, 11) is 1.62. The standard InChI is InChI=1S/C18H21BrN2O3/c1-23-16-5-7-17(8-6-16)24-12-11-21-18(22)20-10-9-14-3-2-4-15(19)13-14/h2-8,13H,9-12H2,1H3,(H2,20,21,22). The van der Waals surface area contributed by atoms with Crippen LogP contribution in [0.2, 0.25) is 0 Å². The van der Waals surface area contributed by atoms with E-state index in [0.717, 1.165) is 22.4 Å². The lowest BCUT2D eigenvalue weighted by Gasteiger charge is -2.09. The number of carbonyl (C=O) groups excluding carboxylic acids is 1. The maximum absolute atomic E-state index is 11.7. The summed E-state index contributed by atoms with van der Waals surface area (Å²) in [5.74, 6) is 1.53. The van der Waals surface area contributed by atoms with E-state index in [1.54, 1.807) is 7.11 Å². The number of benzene rings is 2. The molecule has 24 heavy (non-hydrogen) atoms. The van der Waals surface area contributed by atoms with Gasteiger partial charge in [0.2, 0.25) is 0 Å². The van der Waals surface area contributed by atoms with Gasteiger partial charge in [-0.25, -0.2) is 4.79 Å². The fraction of sp³-hybridized carbons (Fsp3) is 0.278. The third kappa shape index (κ3) is 6.50. The van der Waals surface area contributed by atoms with E-state index in [1.165, 1.54) is 5.56 Å². The van der Waals surface area contributed by atoms with Crippen LogP contribution in [-0.4, -0.2) is 32.8 Å². The Morgan fingerprint density at radius 1 is 1.04 bits per heavy atom. The van der Waals surface area contributed by atoms with Crippen molar-refractivity contribution in [1.82, 2.24) is 10.6 Å². The molecule has 0 unspecified atom stereocenters. The largest absolute Gasteiger partial charge is 0.497 e. The summed E-state index contributed by atoms with van der Waals surface area (Å²) < 4.78 is 11.7. The molecule has 0 saturated heterocycles. The van der Waals surface area contributed by atoms with Gasteiger partial charge in [0.15, 0.2) is 0 Å². The van der Waals surface area contributed by atoms with Crippen molar-refractivity contribution in [3.63, 3.8) is 0 Å². The van der Waals surface area contributed by atoms with E-state index in [-0.39, 0.29) is 6.03 Å². The number of halogens is 1. The van der Waals surface area contributed by atoms with Crippen LogP contribution in [0.25, 0.3) is 0 Å². The Balaban J connectivity index is 1.57. The van der Waals surface area contributed by atoms with Crippen molar-refractivity contribution in [2.24, 2.45) is 0 Å². The molecule has 0 atom stereocenters. The molecule has 0 aliphatic carbocycles. The predicted octanol–water partition coefficient (Wildman–Crippen LogP) is 3.38. The number of rotatable bonds is 8. The molecule has 2 aromatic rings. The molecule has 5 nitrogen and oxygen atoms in total. The van der Waals surface area contributed by atoms with Crippen LogP contribution in [0, 0.1) is 0 Å². The van der Waals surface area contributed by atoms with Crippen LogP contribution in [0.3, 0.4) is 0 Å². The van der Waals surface area contributed by atoms with E-state index in [9.17, 15) is 4.79 Å². The minimum Gasteiger partial charge on any atom is -0.497 e. The van der Waals surface area contributed by atoms with Gasteiger partial charge < -0.3 is 20.1 Å². The Morgan fingerprint density at radius 2 is 1.75 bits per heavy atom. The van der Waals surface area contributed by atoms with Gasteiger partial charge in [-0.2, -0.15) is 0 Å². The number of carbonyl (C=O) groups is 1. The van der Waals surface area contributed by atoms with Crippen molar-refractivity contribution in [2.45, 2.75) is 6.42 Å². The summed E-state index contributed by atoms with van der Waals surface area (Å²) in [4.78, 5) is 11.7. The highest BCUT2D eigenvalue weighted by Gasteiger charge is 2.01. The molecule has 0 aliphatic rings. The normalized spacial score (nSPS) is 10.1. The third-order valence-electron chi connectivity index (χ3n) is 3.30. The van der Waals surface area contributed by atoms with Gasteiger partial charge in [-0.3, -0.25) is 0 Å². The molecule has 2 N–H and O–H groups in total. The summed E-state index contributed by atoms with van der Waals surface area (Å²) in [6.45, 7) is 1.43. The van der Waals surface area contributed by atoms with Gasteiger partial charge in [0.25, 0.3) is 0 Å². The van der Waals surface area contributed by atoms with E-state index < -0.39 is 0 Å². The van der Waals surface area contributed by atoms with Crippen LogP contribution in [-0.2, 0) is 6.42 Å². The molecule has 0 spiro atoms. The van der Waals surface area contributed by atoms with E-state index in [4.69, 9.17) is 9.47 Å². The third-order valence-corrected chi connectivity index (χ3v) is 3.80. The second-order valence-electron chi connectivity index (χ2n) is 5.09. The number of amides is 2. The van der Waals surface area contributed by atoms with E-state index in [2.05, 4.69) is 26.6 Å². The van der Waals surface area contributed by atoms with Crippen molar-refractivity contribution in [3.05, 3.63) is 58.6 Å². The fourth-order valence-electron chi connectivity index (χ4n) is 2.08. The van der Waals surface area contributed by atoms with Gasteiger partial charge in [0.1, 0.15) is 18.1 Å². The van der Waals surface area contributed by atoms with Gasteiger partial charge >= 0.3 is 6.03 Å². The quantitative estimate of drug-likeness (QED) is 0.676. The zero-order valence-corrected chi connectivity index (χ0v) is 15.1. The van der Waals surface area contributed by atoms with E-state index >= 15 is 0 Å². The molecule has 2 amide bonds. The van der Waals surface area contributed by atoms with Gasteiger partial charge in [0.05, 0.1) is 13.7 Å². The number of hydrogen-bond acceptors (Lipinski definition) is 3.